The number of carbonyl (C=O) groups excluding carboxylic acids is 1. The predicted octanol–water partition coefficient (Wildman–Crippen LogP) is 1.48. The third kappa shape index (κ3) is 5.51. The normalized spacial score (nSPS) is 10.4. The number of carboxylic acids is 1. The van der Waals surface area contributed by atoms with Crippen LogP contribution in [0.15, 0.2) is 30.6 Å². The molecule has 8 heteroatoms. The van der Waals surface area contributed by atoms with E-state index in [-0.39, 0.29) is 25.4 Å². The molecule has 1 aromatic heterocycles. The number of carbonyl (C=O) groups is 2. The van der Waals surface area contributed by atoms with Crippen LogP contribution in [-0.4, -0.2) is 52.4 Å². The lowest BCUT2D eigenvalue weighted by Gasteiger charge is -2.21. The summed E-state index contributed by atoms with van der Waals surface area (Å²) in [6.07, 6.45) is 4.24. The van der Waals surface area contributed by atoms with Crippen LogP contribution in [0.1, 0.15) is 17.5 Å². The maximum atomic E-state index is 12.5. The van der Waals surface area contributed by atoms with Gasteiger partial charge >= 0.3 is 5.97 Å². The first-order chi connectivity index (χ1) is 12.4. The van der Waals surface area contributed by atoms with Gasteiger partial charge in [-0.2, -0.15) is 5.10 Å². The lowest BCUT2D eigenvalue weighted by Crippen LogP contribution is -2.35. The van der Waals surface area contributed by atoms with Crippen LogP contribution in [0, 0.1) is 0 Å². The monoisotopic (exact) mass is 361 g/mol. The summed E-state index contributed by atoms with van der Waals surface area (Å²) < 4.78 is 12.1. The van der Waals surface area contributed by atoms with E-state index in [9.17, 15) is 9.59 Å². The molecule has 0 saturated carbocycles. The average molecular weight is 361 g/mol. The Kier molecular flexibility index (Phi) is 6.60. The zero-order chi connectivity index (χ0) is 19.1. The molecular formula is C18H23N3O5. The first kappa shape index (κ1) is 19.3. The Bertz CT molecular complexity index is 750. The van der Waals surface area contributed by atoms with Crippen molar-refractivity contribution in [3.05, 3.63) is 41.7 Å². The molecule has 0 aliphatic heterocycles. The second-order valence-corrected chi connectivity index (χ2v) is 5.89. The van der Waals surface area contributed by atoms with E-state index in [0.717, 1.165) is 11.1 Å². The van der Waals surface area contributed by atoms with Gasteiger partial charge in [-0.25, -0.2) is 0 Å². The molecule has 1 N–H and O–H groups in total. The Morgan fingerprint density at radius 3 is 2.31 bits per heavy atom. The third-order valence-corrected chi connectivity index (χ3v) is 3.85. The van der Waals surface area contributed by atoms with Gasteiger partial charge in [0, 0.05) is 32.3 Å². The molecule has 1 aromatic carbocycles. The van der Waals surface area contributed by atoms with E-state index < -0.39 is 5.97 Å². The van der Waals surface area contributed by atoms with Gasteiger partial charge in [-0.3, -0.25) is 14.3 Å². The molecule has 0 aliphatic carbocycles. The van der Waals surface area contributed by atoms with E-state index >= 15 is 0 Å². The Labute approximate surface area is 151 Å². The van der Waals surface area contributed by atoms with Gasteiger partial charge in [0.1, 0.15) is 18.0 Å². The maximum absolute atomic E-state index is 12.5. The van der Waals surface area contributed by atoms with Gasteiger partial charge in [0.05, 0.1) is 20.4 Å². The van der Waals surface area contributed by atoms with Gasteiger partial charge in [0.2, 0.25) is 5.91 Å². The topological polar surface area (TPSA) is 93.9 Å². The van der Waals surface area contributed by atoms with Crippen molar-refractivity contribution in [2.75, 3.05) is 20.8 Å². The number of methoxy groups -OCH3 is 2. The van der Waals surface area contributed by atoms with E-state index in [1.165, 1.54) is 19.1 Å². The number of aliphatic carboxylic acids is 1. The molecular weight excluding hydrogens is 338 g/mol. The summed E-state index contributed by atoms with van der Waals surface area (Å²) in [7, 11) is 4.87. The molecule has 0 spiro atoms. The fraction of sp³-hybridized carbons (Fsp3) is 0.389. The standard InChI is InChI=1S/C18H23N3O5/c1-20-10-13(9-19-20)4-5-17(22)21(12-18(23)24)11-14-6-15(25-2)8-16(7-14)26-3/h6-10H,4-5,11-12H2,1-3H3,(H,23,24). The van der Waals surface area contributed by atoms with Gasteiger partial charge in [-0.05, 0) is 29.7 Å². The molecule has 0 radical (unpaired) electrons. The number of aryl methyl sites for hydroxylation is 2. The Hall–Kier alpha value is -3.03. The Morgan fingerprint density at radius 2 is 1.81 bits per heavy atom. The van der Waals surface area contributed by atoms with E-state index in [2.05, 4.69) is 5.10 Å². The summed E-state index contributed by atoms with van der Waals surface area (Å²) in [6.45, 7) is -0.211. The minimum Gasteiger partial charge on any atom is -0.497 e. The highest BCUT2D eigenvalue weighted by Crippen LogP contribution is 2.23. The summed E-state index contributed by atoms with van der Waals surface area (Å²) in [5.41, 5.74) is 1.66. The first-order valence-electron chi connectivity index (χ1n) is 8.10. The molecule has 0 bridgehead atoms. The molecule has 0 unspecified atom stereocenters. The number of hydrogen-bond acceptors (Lipinski definition) is 5. The largest absolute Gasteiger partial charge is 0.497 e. The molecule has 2 rings (SSSR count). The third-order valence-electron chi connectivity index (χ3n) is 3.85. The molecule has 1 heterocycles. The fourth-order valence-electron chi connectivity index (χ4n) is 2.58. The average Bonchev–Trinajstić information content (AvgIpc) is 3.03. The van der Waals surface area contributed by atoms with Gasteiger partial charge < -0.3 is 19.5 Å². The van der Waals surface area contributed by atoms with Crippen molar-refractivity contribution in [3.8, 4) is 11.5 Å². The van der Waals surface area contributed by atoms with Crippen molar-refractivity contribution in [2.24, 2.45) is 7.05 Å². The Morgan fingerprint density at radius 1 is 1.15 bits per heavy atom. The Balaban J connectivity index is 2.10. The molecule has 26 heavy (non-hydrogen) atoms. The number of aromatic nitrogens is 2. The highest BCUT2D eigenvalue weighted by atomic mass is 16.5. The summed E-state index contributed by atoms with van der Waals surface area (Å²) in [4.78, 5) is 25.0. The number of ether oxygens (including phenoxy) is 2. The number of rotatable bonds is 9. The number of hydrogen-bond donors (Lipinski definition) is 1. The highest BCUT2D eigenvalue weighted by Gasteiger charge is 2.18. The summed E-state index contributed by atoms with van der Waals surface area (Å²) >= 11 is 0. The molecule has 140 valence electrons. The SMILES string of the molecule is COc1cc(CN(CC(=O)O)C(=O)CCc2cnn(C)c2)cc(OC)c1. The minimum absolute atomic E-state index is 0.158. The van der Waals surface area contributed by atoms with Crippen molar-refractivity contribution in [2.45, 2.75) is 19.4 Å². The lowest BCUT2D eigenvalue weighted by atomic mass is 10.1. The maximum Gasteiger partial charge on any atom is 0.323 e. The van der Waals surface area contributed by atoms with Crippen molar-refractivity contribution in [1.29, 1.82) is 0 Å². The van der Waals surface area contributed by atoms with Crippen LogP contribution in [0.3, 0.4) is 0 Å². The molecule has 2 aromatic rings. The molecule has 0 saturated heterocycles. The molecule has 8 nitrogen and oxygen atoms in total. The number of benzene rings is 1. The summed E-state index contributed by atoms with van der Waals surface area (Å²) in [5, 5.41) is 13.2. The predicted molar refractivity (Wildman–Crippen MR) is 94.1 cm³/mol. The minimum atomic E-state index is -1.06. The van der Waals surface area contributed by atoms with Gasteiger partial charge in [-0.15, -0.1) is 0 Å². The molecule has 0 fully saturated rings. The van der Waals surface area contributed by atoms with E-state index in [1.54, 1.807) is 36.1 Å². The van der Waals surface area contributed by atoms with Crippen LogP contribution in [-0.2, 0) is 29.6 Å². The van der Waals surface area contributed by atoms with Crippen LogP contribution < -0.4 is 9.47 Å². The van der Waals surface area contributed by atoms with Gasteiger partial charge in [0.15, 0.2) is 0 Å². The quantitative estimate of drug-likeness (QED) is 0.727. The lowest BCUT2D eigenvalue weighted by molar-refractivity contribution is -0.144. The number of amides is 1. The summed E-state index contributed by atoms with van der Waals surface area (Å²) in [6, 6.07) is 5.23. The van der Waals surface area contributed by atoms with Crippen molar-refractivity contribution in [1.82, 2.24) is 14.7 Å². The smallest absolute Gasteiger partial charge is 0.323 e. The molecule has 0 atom stereocenters. The van der Waals surface area contributed by atoms with Gasteiger partial charge in [0.25, 0.3) is 0 Å². The first-order valence-corrected chi connectivity index (χ1v) is 8.10. The van der Waals surface area contributed by atoms with Crippen LogP contribution >= 0.6 is 0 Å². The molecule has 1 amide bonds. The van der Waals surface area contributed by atoms with E-state index in [4.69, 9.17) is 14.6 Å². The second kappa shape index (κ2) is 8.89. The van der Waals surface area contributed by atoms with Gasteiger partial charge in [-0.1, -0.05) is 0 Å². The summed E-state index contributed by atoms with van der Waals surface area (Å²) in [5.74, 6) is -0.137. The highest BCUT2D eigenvalue weighted by molar-refractivity contribution is 5.81. The number of nitrogens with zero attached hydrogens (tertiary/aromatic N) is 3. The van der Waals surface area contributed by atoms with Crippen LogP contribution in [0.25, 0.3) is 0 Å². The van der Waals surface area contributed by atoms with Crippen LogP contribution in [0.2, 0.25) is 0 Å². The van der Waals surface area contributed by atoms with Crippen LogP contribution in [0.4, 0.5) is 0 Å². The second-order valence-electron chi connectivity index (χ2n) is 5.89. The zero-order valence-corrected chi connectivity index (χ0v) is 15.1. The number of carboxylic acid groups (broad SMARTS) is 1. The van der Waals surface area contributed by atoms with Crippen molar-refractivity contribution < 1.29 is 24.2 Å². The fourth-order valence-corrected chi connectivity index (χ4v) is 2.58. The van der Waals surface area contributed by atoms with Crippen molar-refractivity contribution in [3.63, 3.8) is 0 Å². The van der Waals surface area contributed by atoms with E-state index in [0.29, 0.717) is 17.9 Å². The van der Waals surface area contributed by atoms with E-state index in [1.807, 2.05) is 6.20 Å². The van der Waals surface area contributed by atoms with Crippen molar-refractivity contribution >= 4 is 11.9 Å². The molecule has 0 aliphatic rings. The zero-order valence-electron chi connectivity index (χ0n) is 15.1. The van der Waals surface area contributed by atoms with Crippen LogP contribution in [0.5, 0.6) is 11.5 Å².